The van der Waals surface area contributed by atoms with Crippen LogP contribution in [0.25, 0.3) is 0 Å². The molecule has 18 heavy (non-hydrogen) atoms. The molecule has 1 aliphatic heterocycles. The van der Waals surface area contributed by atoms with Crippen molar-refractivity contribution >= 4 is 11.8 Å². The van der Waals surface area contributed by atoms with Gasteiger partial charge in [-0.3, -0.25) is 0 Å². The number of thioether (sulfide) groups is 1. The third kappa shape index (κ3) is 3.12. The fraction of sp³-hybridized carbons (Fsp3) is 0.571. The molecule has 1 aromatic carbocycles. The Morgan fingerprint density at radius 3 is 3.06 bits per heavy atom. The molecule has 0 aliphatic carbocycles. The van der Waals surface area contributed by atoms with E-state index in [2.05, 4.69) is 6.26 Å². The Hall–Kier alpha value is -0.870. The molecular weight excluding hydrogens is 248 g/mol. The molecule has 0 spiro atoms. The molecule has 1 heterocycles. The number of methoxy groups -OCH3 is 1. The van der Waals surface area contributed by atoms with Crippen molar-refractivity contribution in [3.05, 3.63) is 23.8 Å². The summed E-state index contributed by atoms with van der Waals surface area (Å²) in [6.07, 6.45) is 4.61. The molecule has 0 aromatic heterocycles. The summed E-state index contributed by atoms with van der Waals surface area (Å²) in [5.74, 6) is 2.70. The van der Waals surface area contributed by atoms with Gasteiger partial charge < -0.3 is 14.6 Å². The van der Waals surface area contributed by atoms with Crippen molar-refractivity contribution in [2.45, 2.75) is 31.5 Å². The van der Waals surface area contributed by atoms with Crippen LogP contribution in [0.4, 0.5) is 0 Å². The number of aliphatic hydroxyl groups excluding tert-OH is 1. The van der Waals surface area contributed by atoms with Crippen molar-refractivity contribution in [3.8, 4) is 11.5 Å². The normalized spacial score (nSPS) is 22.2. The quantitative estimate of drug-likeness (QED) is 0.833. The Morgan fingerprint density at radius 2 is 2.33 bits per heavy atom. The van der Waals surface area contributed by atoms with Gasteiger partial charge in [0.15, 0.2) is 0 Å². The molecule has 1 N–H and O–H groups in total. The highest BCUT2D eigenvalue weighted by molar-refractivity contribution is 7.98. The molecule has 3 nitrogen and oxygen atoms in total. The van der Waals surface area contributed by atoms with E-state index < -0.39 is 6.10 Å². The van der Waals surface area contributed by atoms with E-state index in [4.69, 9.17) is 9.47 Å². The summed E-state index contributed by atoms with van der Waals surface area (Å²) in [5, 5.41) is 10.2. The minimum absolute atomic E-state index is 0.132. The predicted octanol–water partition coefficient (Wildman–Crippen LogP) is 3.02. The second-order valence-electron chi connectivity index (χ2n) is 4.53. The van der Waals surface area contributed by atoms with Crippen LogP contribution in [-0.2, 0) is 0 Å². The van der Waals surface area contributed by atoms with E-state index in [9.17, 15) is 5.11 Å². The summed E-state index contributed by atoms with van der Waals surface area (Å²) in [6, 6.07) is 5.62. The lowest BCUT2D eigenvalue weighted by Crippen LogP contribution is -2.25. The summed E-state index contributed by atoms with van der Waals surface area (Å²) in [4.78, 5) is 0. The van der Waals surface area contributed by atoms with Crippen LogP contribution < -0.4 is 9.47 Å². The largest absolute Gasteiger partial charge is 0.497 e. The Bertz CT molecular complexity index is 395. The van der Waals surface area contributed by atoms with Crippen molar-refractivity contribution in [3.63, 3.8) is 0 Å². The second-order valence-corrected chi connectivity index (χ2v) is 5.52. The molecule has 0 fully saturated rings. The van der Waals surface area contributed by atoms with Crippen molar-refractivity contribution in [2.24, 2.45) is 0 Å². The summed E-state index contributed by atoms with van der Waals surface area (Å²) in [6.45, 7) is 0. The van der Waals surface area contributed by atoms with Gasteiger partial charge in [0.1, 0.15) is 17.6 Å². The molecule has 2 unspecified atom stereocenters. The fourth-order valence-electron chi connectivity index (χ4n) is 2.26. The van der Waals surface area contributed by atoms with Gasteiger partial charge in [-0.05, 0) is 43.0 Å². The minimum atomic E-state index is -0.442. The molecule has 100 valence electrons. The SMILES string of the molecule is COc1ccc2c(c1)C(O)CC(CCCSC)O2. The summed E-state index contributed by atoms with van der Waals surface area (Å²) in [7, 11) is 1.63. The molecular formula is C14H20O3S. The molecule has 0 amide bonds. The van der Waals surface area contributed by atoms with Crippen LogP contribution in [0.5, 0.6) is 11.5 Å². The Morgan fingerprint density at radius 1 is 1.50 bits per heavy atom. The smallest absolute Gasteiger partial charge is 0.125 e. The molecule has 2 rings (SSSR count). The van der Waals surface area contributed by atoms with Gasteiger partial charge in [0.2, 0.25) is 0 Å². The number of aliphatic hydroxyl groups is 1. The molecule has 2 atom stereocenters. The van der Waals surface area contributed by atoms with E-state index in [-0.39, 0.29) is 6.10 Å². The lowest BCUT2D eigenvalue weighted by Gasteiger charge is -2.30. The maximum atomic E-state index is 10.2. The van der Waals surface area contributed by atoms with Gasteiger partial charge >= 0.3 is 0 Å². The molecule has 0 bridgehead atoms. The second kappa shape index (κ2) is 6.34. The zero-order chi connectivity index (χ0) is 13.0. The standard InChI is InChI=1S/C14H20O3S/c1-16-10-5-6-14-12(8-10)13(15)9-11(17-14)4-3-7-18-2/h5-6,8,11,13,15H,3-4,7,9H2,1-2H3. The topological polar surface area (TPSA) is 38.7 Å². The first kappa shape index (κ1) is 13.6. The lowest BCUT2D eigenvalue weighted by molar-refractivity contribution is 0.0614. The van der Waals surface area contributed by atoms with Gasteiger partial charge in [-0.15, -0.1) is 0 Å². The Balaban J connectivity index is 2.04. The minimum Gasteiger partial charge on any atom is -0.497 e. The highest BCUT2D eigenvalue weighted by Crippen LogP contribution is 2.38. The van der Waals surface area contributed by atoms with E-state index in [1.807, 2.05) is 30.0 Å². The molecule has 1 aromatic rings. The van der Waals surface area contributed by atoms with Crippen molar-refractivity contribution in [1.82, 2.24) is 0 Å². The van der Waals surface area contributed by atoms with Crippen molar-refractivity contribution in [2.75, 3.05) is 19.1 Å². The van der Waals surface area contributed by atoms with Crippen LogP contribution >= 0.6 is 11.8 Å². The van der Waals surface area contributed by atoms with Crippen LogP contribution in [0.3, 0.4) is 0 Å². The van der Waals surface area contributed by atoms with Crippen molar-refractivity contribution in [1.29, 1.82) is 0 Å². The van der Waals surface area contributed by atoms with E-state index in [0.29, 0.717) is 6.42 Å². The lowest BCUT2D eigenvalue weighted by atomic mass is 9.97. The number of ether oxygens (including phenoxy) is 2. The fourth-order valence-corrected chi connectivity index (χ4v) is 2.71. The Kier molecular flexibility index (Phi) is 4.78. The third-order valence-electron chi connectivity index (χ3n) is 3.23. The number of benzene rings is 1. The van der Waals surface area contributed by atoms with Crippen LogP contribution in [-0.4, -0.2) is 30.3 Å². The van der Waals surface area contributed by atoms with Gasteiger partial charge in [-0.2, -0.15) is 11.8 Å². The van der Waals surface area contributed by atoms with Crippen molar-refractivity contribution < 1.29 is 14.6 Å². The van der Waals surface area contributed by atoms with E-state index >= 15 is 0 Å². The maximum absolute atomic E-state index is 10.2. The van der Waals surface area contributed by atoms with Gasteiger partial charge in [0, 0.05) is 12.0 Å². The van der Waals surface area contributed by atoms with E-state index in [1.54, 1.807) is 7.11 Å². The zero-order valence-electron chi connectivity index (χ0n) is 10.9. The average Bonchev–Trinajstić information content (AvgIpc) is 2.39. The summed E-state index contributed by atoms with van der Waals surface area (Å²) >= 11 is 1.85. The summed E-state index contributed by atoms with van der Waals surface area (Å²) < 4.78 is 11.1. The number of fused-ring (bicyclic) bond motifs is 1. The third-order valence-corrected chi connectivity index (χ3v) is 3.93. The molecule has 0 saturated heterocycles. The predicted molar refractivity (Wildman–Crippen MR) is 74.6 cm³/mol. The molecule has 4 heteroatoms. The van der Waals surface area contributed by atoms with E-state index in [1.165, 1.54) is 0 Å². The van der Waals surface area contributed by atoms with Crippen LogP contribution in [0.15, 0.2) is 18.2 Å². The first-order chi connectivity index (χ1) is 8.74. The molecule has 0 saturated carbocycles. The number of hydrogen-bond acceptors (Lipinski definition) is 4. The molecule has 1 aliphatic rings. The highest BCUT2D eigenvalue weighted by Gasteiger charge is 2.26. The zero-order valence-corrected chi connectivity index (χ0v) is 11.7. The van der Waals surface area contributed by atoms with Crippen LogP contribution in [0.2, 0.25) is 0 Å². The van der Waals surface area contributed by atoms with Crippen LogP contribution in [0.1, 0.15) is 30.9 Å². The Labute approximate surface area is 112 Å². The average molecular weight is 268 g/mol. The van der Waals surface area contributed by atoms with Gasteiger partial charge in [-0.25, -0.2) is 0 Å². The molecule has 0 radical (unpaired) electrons. The number of hydrogen-bond donors (Lipinski definition) is 1. The summed E-state index contributed by atoms with van der Waals surface area (Å²) in [5.41, 5.74) is 0.843. The van der Waals surface area contributed by atoms with Gasteiger partial charge in [0.25, 0.3) is 0 Å². The van der Waals surface area contributed by atoms with Gasteiger partial charge in [-0.1, -0.05) is 0 Å². The highest BCUT2D eigenvalue weighted by atomic mass is 32.2. The number of rotatable bonds is 5. The van der Waals surface area contributed by atoms with Gasteiger partial charge in [0.05, 0.1) is 13.2 Å². The van der Waals surface area contributed by atoms with Crippen LogP contribution in [0, 0.1) is 0 Å². The first-order valence-electron chi connectivity index (χ1n) is 6.26. The van der Waals surface area contributed by atoms with E-state index in [0.717, 1.165) is 35.7 Å². The monoisotopic (exact) mass is 268 g/mol. The first-order valence-corrected chi connectivity index (χ1v) is 7.65. The maximum Gasteiger partial charge on any atom is 0.125 e.